The summed E-state index contributed by atoms with van der Waals surface area (Å²) in [5.74, 6) is 2.16. The van der Waals surface area contributed by atoms with Gasteiger partial charge in [0.1, 0.15) is 5.75 Å². The predicted molar refractivity (Wildman–Crippen MR) is 108 cm³/mol. The van der Waals surface area contributed by atoms with Crippen LogP contribution in [0.5, 0.6) is 5.75 Å². The summed E-state index contributed by atoms with van der Waals surface area (Å²) in [7, 11) is 0. The maximum absolute atomic E-state index is 12.7. The second-order valence-corrected chi connectivity index (χ2v) is 8.33. The molecule has 3 heterocycles. The van der Waals surface area contributed by atoms with Gasteiger partial charge in [0.25, 0.3) is 5.91 Å². The van der Waals surface area contributed by atoms with Gasteiger partial charge in [-0.3, -0.25) is 4.79 Å². The molecular formula is C22H26N4O3. The van der Waals surface area contributed by atoms with E-state index in [1.165, 1.54) is 12.8 Å². The number of rotatable bonds is 6. The Morgan fingerprint density at radius 3 is 3.00 bits per heavy atom. The molecule has 1 aromatic heterocycles. The lowest BCUT2D eigenvalue weighted by Gasteiger charge is -2.34. The summed E-state index contributed by atoms with van der Waals surface area (Å²) in [6.07, 6.45) is 5.30. The van der Waals surface area contributed by atoms with E-state index in [2.05, 4.69) is 10.3 Å². The lowest BCUT2D eigenvalue weighted by atomic mass is 9.80. The summed E-state index contributed by atoms with van der Waals surface area (Å²) < 4.78 is 11.5. The third-order valence-electron chi connectivity index (χ3n) is 6.06. The van der Waals surface area contributed by atoms with E-state index < -0.39 is 0 Å². The zero-order valence-corrected chi connectivity index (χ0v) is 16.5. The van der Waals surface area contributed by atoms with Crippen LogP contribution in [0.15, 0.2) is 36.5 Å². The molecule has 1 atom stereocenters. The van der Waals surface area contributed by atoms with Crippen molar-refractivity contribution in [2.45, 2.75) is 31.3 Å². The lowest BCUT2D eigenvalue weighted by molar-refractivity contribution is -0.132. The molecule has 29 heavy (non-hydrogen) atoms. The quantitative estimate of drug-likeness (QED) is 0.811. The summed E-state index contributed by atoms with van der Waals surface area (Å²) in [5.41, 5.74) is 1.81. The molecule has 2 fully saturated rings. The minimum absolute atomic E-state index is 0.000936. The van der Waals surface area contributed by atoms with Crippen LogP contribution < -0.4 is 10.1 Å². The largest absolute Gasteiger partial charge is 0.484 e. The van der Waals surface area contributed by atoms with Gasteiger partial charge in [-0.05, 0) is 37.3 Å². The first-order chi connectivity index (χ1) is 14.2. The average Bonchev–Trinajstić information content (AvgIpc) is 3.50. The minimum Gasteiger partial charge on any atom is -0.484 e. The van der Waals surface area contributed by atoms with E-state index >= 15 is 0 Å². The van der Waals surface area contributed by atoms with Crippen LogP contribution in [-0.4, -0.2) is 53.6 Å². The van der Waals surface area contributed by atoms with Gasteiger partial charge in [0.05, 0.1) is 24.3 Å². The summed E-state index contributed by atoms with van der Waals surface area (Å²) >= 11 is 0. The summed E-state index contributed by atoms with van der Waals surface area (Å²) in [6, 6.07) is 9.44. The topological polar surface area (TPSA) is 76.6 Å². The normalized spacial score (nSPS) is 23.1. The highest BCUT2D eigenvalue weighted by Gasteiger charge is 2.46. The minimum atomic E-state index is -0.255. The number of anilines is 1. The van der Waals surface area contributed by atoms with Crippen molar-refractivity contribution < 1.29 is 14.3 Å². The van der Waals surface area contributed by atoms with Gasteiger partial charge in [-0.25, -0.2) is 9.97 Å². The van der Waals surface area contributed by atoms with E-state index in [0.29, 0.717) is 38.0 Å². The molecule has 2 aromatic rings. The Morgan fingerprint density at radius 2 is 2.17 bits per heavy atom. The number of carbonyl (C=O) groups is 1. The summed E-state index contributed by atoms with van der Waals surface area (Å²) in [5, 5.41) is 3.37. The molecule has 0 radical (unpaired) electrons. The van der Waals surface area contributed by atoms with Gasteiger partial charge < -0.3 is 19.7 Å². The number of nitrogens with one attached hydrogen (secondary N) is 1. The second kappa shape index (κ2) is 7.63. The molecule has 5 rings (SSSR count). The number of hydrogen-bond donors (Lipinski definition) is 1. The van der Waals surface area contributed by atoms with Gasteiger partial charge in [-0.2, -0.15) is 0 Å². The number of amides is 1. The van der Waals surface area contributed by atoms with Crippen molar-refractivity contribution in [1.29, 1.82) is 0 Å². The summed E-state index contributed by atoms with van der Waals surface area (Å²) in [4.78, 5) is 23.9. The SMILES string of the molecule is O=C(COc1ccccc1)N1CC[C@]2(COCc3cnc(NCC4CC4)nc32)C1. The highest BCUT2D eigenvalue weighted by Crippen LogP contribution is 2.39. The van der Waals surface area contributed by atoms with Gasteiger partial charge in [0, 0.05) is 31.4 Å². The number of ether oxygens (including phenoxy) is 2. The maximum Gasteiger partial charge on any atom is 0.260 e. The van der Waals surface area contributed by atoms with E-state index in [1.54, 1.807) is 0 Å². The molecule has 152 valence electrons. The van der Waals surface area contributed by atoms with E-state index in [4.69, 9.17) is 14.5 Å². The van der Waals surface area contributed by atoms with Crippen LogP contribution in [0.3, 0.4) is 0 Å². The third kappa shape index (κ3) is 3.92. The van der Waals surface area contributed by atoms with Crippen molar-refractivity contribution in [2.24, 2.45) is 5.92 Å². The molecule has 7 nitrogen and oxygen atoms in total. The van der Waals surface area contributed by atoms with Crippen LogP contribution in [0.4, 0.5) is 5.95 Å². The van der Waals surface area contributed by atoms with Crippen LogP contribution in [0, 0.1) is 5.92 Å². The van der Waals surface area contributed by atoms with Crippen LogP contribution >= 0.6 is 0 Å². The van der Waals surface area contributed by atoms with Crippen molar-refractivity contribution in [1.82, 2.24) is 14.9 Å². The van der Waals surface area contributed by atoms with Crippen molar-refractivity contribution in [3.8, 4) is 5.75 Å². The first kappa shape index (κ1) is 18.4. The fourth-order valence-corrected chi connectivity index (χ4v) is 4.19. The Hall–Kier alpha value is -2.67. The van der Waals surface area contributed by atoms with Crippen LogP contribution in [0.25, 0.3) is 0 Å². The fraction of sp³-hybridized carbons (Fsp3) is 0.500. The van der Waals surface area contributed by atoms with Gasteiger partial charge in [-0.1, -0.05) is 18.2 Å². The first-order valence-corrected chi connectivity index (χ1v) is 10.4. The van der Waals surface area contributed by atoms with E-state index in [0.717, 1.165) is 30.1 Å². The number of para-hydroxylation sites is 1. The number of benzene rings is 1. The number of aromatic nitrogens is 2. The molecule has 1 saturated heterocycles. The first-order valence-electron chi connectivity index (χ1n) is 10.4. The Balaban J connectivity index is 1.28. The Morgan fingerprint density at radius 1 is 1.31 bits per heavy atom. The maximum atomic E-state index is 12.7. The van der Waals surface area contributed by atoms with Gasteiger partial charge in [0.15, 0.2) is 6.61 Å². The standard InChI is InChI=1S/C22H26N4O3/c27-19(13-29-18-4-2-1-3-5-18)26-9-8-22(14-26)15-28-12-17-11-24-21(25-20(17)22)23-10-16-6-7-16/h1-5,11,16H,6-10,12-15H2,(H,23,24,25)/t22-/m1/s1. The molecule has 1 N–H and O–H groups in total. The van der Waals surface area contributed by atoms with E-state index in [9.17, 15) is 4.79 Å². The molecule has 0 unspecified atom stereocenters. The number of likely N-dealkylation sites (tertiary alicyclic amines) is 1. The monoisotopic (exact) mass is 394 g/mol. The van der Waals surface area contributed by atoms with Crippen LogP contribution in [-0.2, 0) is 21.6 Å². The van der Waals surface area contributed by atoms with E-state index in [-0.39, 0.29) is 17.9 Å². The number of hydrogen-bond acceptors (Lipinski definition) is 6. The molecule has 7 heteroatoms. The van der Waals surface area contributed by atoms with E-state index in [1.807, 2.05) is 41.4 Å². The zero-order valence-electron chi connectivity index (χ0n) is 16.5. The Kier molecular flexibility index (Phi) is 4.83. The predicted octanol–water partition coefficient (Wildman–Crippen LogP) is 2.38. The molecular weight excluding hydrogens is 368 g/mol. The number of fused-ring (bicyclic) bond motifs is 2. The van der Waals surface area contributed by atoms with Crippen molar-refractivity contribution in [3.05, 3.63) is 47.8 Å². The molecule has 1 saturated carbocycles. The molecule has 1 spiro atoms. The molecule has 1 aliphatic carbocycles. The Labute approximate surface area is 170 Å². The molecule has 2 aliphatic heterocycles. The highest BCUT2D eigenvalue weighted by atomic mass is 16.5. The fourth-order valence-electron chi connectivity index (χ4n) is 4.19. The summed E-state index contributed by atoms with van der Waals surface area (Å²) in [6.45, 7) is 3.40. The van der Waals surface area contributed by atoms with Crippen molar-refractivity contribution in [2.75, 3.05) is 38.2 Å². The molecule has 1 amide bonds. The third-order valence-corrected chi connectivity index (χ3v) is 6.06. The highest BCUT2D eigenvalue weighted by molar-refractivity contribution is 5.78. The van der Waals surface area contributed by atoms with Crippen LogP contribution in [0.1, 0.15) is 30.5 Å². The Bertz CT molecular complexity index is 887. The van der Waals surface area contributed by atoms with Gasteiger partial charge >= 0.3 is 0 Å². The smallest absolute Gasteiger partial charge is 0.260 e. The number of carbonyl (C=O) groups excluding carboxylic acids is 1. The van der Waals surface area contributed by atoms with Gasteiger partial charge in [-0.15, -0.1) is 0 Å². The number of nitrogens with zero attached hydrogens (tertiary/aromatic N) is 3. The van der Waals surface area contributed by atoms with Crippen molar-refractivity contribution in [3.63, 3.8) is 0 Å². The van der Waals surface area contributed by atoms with Crippen molar-refractivity contribution >= 4 is 11.9 Å². The van der Waals surface area contributed by atoms with Crippen LogP contribution in [0.2, 0.25) is 0 Å². The molecule has 3 aliphatic rings. The zero-order chi connectivity index (χ0) is 19.7. The lowest BCUT2D eigenvalue weighted by Crippen LogP contribution is -2.42. The second-order valence-electron chi connectivity index (χ2n) is 8.33. The molecule has 0 bridgehead atoms. The van der Waals surface area contributed by atoms with Gasteiger partial charge in [0.2, 0.25) is 5.95 Å². The molecule has 1 aromatic carbocycles. The average molecular weight is 394 g/mol.